The number of amides is 2. The quantitative estimate of drug-likeness (QED) is 0.761. The van der Waals surface area contributed by atoms with Crippen LogP contribution in [-0.4, -0.2) is 60.4 Å². The Balaban J connectivity index is 1.50. The standard InChI is InChI=1S/C21H22N2O5/c1-15-3-2-4-18(13-15)28-14-19(24)22-9-11-23(12-10-22)20(25)16-5-7-17(8-6-16)21(26)27/h2-8,13H,9-12,14H2,1H3,(H,26,27)/p-1. The highest BCUT2D eigenvalue weighted by Gasteiger charge is 2.25. The zero-order chi connectivity index (χ0) is 20.1. The van der Waals surface area contributed by atoms with E-state index in [0.29, 0.717) is 37.5 Å². The van der Waals surface area contributed by atoms with Crippen molar-refractivity contribution in [1.29, 1.82) is 0 Å². The number of hydrogen-bond acceptors (Lipinski definition) is 5. The fourth-order valence-electron chi connectivity index (χ4n) is 3.03. The molecule has 146 valence electrons. The highest BCUT2D eigenvalue weighted by molar-refractivity contribution is 5.95. The molecule has 0 aliphatic carbocycles. The molecule has 1 heterocycles. The third-order valence-corrected chi connectivity index (χ3v) is 4.64. The summed E-state index contributed by atoms with van der Waals surface area (Å²) in [6, 6.07) is 13.2. The van der Waals surface area contributed by atoms with Gasteiger partial charge in [-0.3, -0.25) is 9.59 Å². The van der Waals surface area contributed by atoms with Gasteiger partial charge < -0.3 is 24.4 Å². The van der Waals surface area contributed by atoms with Crippen molar-refractivity contribution in [3.63, 3.8) is 0 Å². The molecule has 0 radical (unpaired) electrons. The van der Waals surface area contributed by atoms with Crippen LogP contribution in [-0.2, 0) is 4.79 Å². The van der Waals surface area contributed by atoms with Gasteiger partial charge in [0.05, 0.1) is 5.97 Å². The first kappa shape index (κ1) is 19.4. The lowest BCUT2D eigenvalue weighted by atomic mass is 10.1. The first-order chi connectivity index (χ1) is 13.4. The summed E-state index contributed by atoms with van der Waals surface area (Å²) in [4.78, 5) is 39.0. The molecule has 0 N–H and O–H groups in total. The molecule has 0 bridgehead atoms. The van der Waals surface area contributed by atoms with Gasteiger partial charge in [0.1, 0.15) is 5.75 Å². The number of rotatable bonds is 5. The lowest BCUT2D eigenvalue weighted by molar-refractivity contribution is -0.255. The molecular formula is C21H21N2O5-. The molecule has 1 saturated heterocycles. The Morgan fingerprint density at radius 3 is 2.14 bits per heavy atom. The third-order valence-electron chi connectivity index (χ3n) is 4.64. The second kappa shape index (κ2) is 8.56. The molecular weight excluding hydrogens is 360 g/mol. The van der Waals surface area contributed by atoms with E-state index < -0.39 is 5.97 Å². The minimum atomic E-state index is -1.28. The van der Waals surface area contributed by atoms with Crippen molar-refractivity contribution >= 4 is 17.8 Å². The molecule has 7 nitrogen and oxygen atoms in total. The van der Waals surface area contributed by atoms with Crippen molar-refractivity contribution in [3.05, 3.63) is 65.2 Å². The van der Waals surface area contributed by atoms with Crippen LogP contribution < -0.4 is 9.84 Å². The van der Waals surface area contributed by atoms with E-state index in [0.717, 1.165) is 5.56 Å². The summed E-state index contributed by atoms with van der Waals surface area (Å²) < 4.78 is 5.55. The monoisotopic (exact) mass is 381 g/mol. The fraction of sp³-hybridized carbons (Fsp3) is 0.286. The summed E-state index contributed by atoms with van der Waals surface area (Å²) in [5.41, 5.74) is 1.50. The van der Waals surface area contributed by atoms with E-state index in [9.17, 15) is 19.5 Å². The Morgan fingerprint density at radius 2 is 1.54 bits per heavy atom. The average Bonchev–Trinajstić information content (AvgIpc) is 2.71. The number of nitrogens with zero attached hydrogens (tertiary/aromatic N) is 2. The molecule has 0 spiro atoms. The zero-order valence-electron chi connectivity index (χ0n) is 15.6. The normalized spacial score (nSPS) is 13.9. The molecule has 3 rings (SSSR count). The van der Waals surface area contributed by atoms with Gasteiger partial charge >= 0.3 is 0 Å². The number of carboxylic acids is 1. The van der Waals surface area contributed by atoms with Crippen molar-refractivity contribution < 1.29 is 24.2 Å². The summed E-state index contributed by atoms with van der Waals surface area (Å²) in [6.07, 6.45) is 0. The Morgan fingerprint density at radius 1 is 0.929 bits per heavy atom. The van der Waals surface area contributed by atoms with Crippen molar-refractivity contribution in [2.75, 3.05) is 32.8 Å². The Kier molecular flexibility index (Phi) is 5.93. The number of carbonyl (C=O) groups is 3. The van der Waals surface area contributed by atoms with Gasteiger partial charge in [-0.1, -0.05) is 24.3 Å². The van der Waals surface area contributed by atoms with Gasteiger partial charge in [0.25, 0.3) is 11.8 Å². The van der Waals surface area contributed by atoms with Crippen LogP contribution in [0.5, 0.6) is 5.75 Å². The molecule has 1 fully saturated rings. The lowest BCUT2D eigenvalue weighted by Crippen LogP contribution is -2.51. The lowest BCUT2D eigenvalue weighted by Gasteiger charge is -2.34. The molecule has 0 atom stereocenters. The second-order valence-corrected chi connectivity index (χ2v) is 6.64. The van der Waals surface area contributed by atoms with E-state index >= 15 is 0 Å². The molecule has 28 heavy (non-hydrogen) atoms. The van der Waals surface area contributed by atoms with Gasteiger partial charge in [-0.05, 0) is 42.3 Å². The highest BCUT2D eigenvalue weighted by atomic mass is 16.5. The van der Waals surface area contributed by atoms with E-state index in [-0.39, 0.29) is 24.0 Å². The van der Waals surface area contributed by atoms with E-state index in [1.807, 2.05) is 31.2 Å². The van der Waals surface area contributed by atoms with Gasteiger partial charge in [0.15, 0.2) is 6.61 Å². The third kappa shape index (κ3) is 4.68. The highest BCUT2D eigenvalue weighted by Crippen LogP contribution is 2.14. The number of hydrogen-bond donors (Lipinski definition) is 0. The number of benzene rings is 2. The zero-order valence-corrected chi connectivity index (χ0v) is 15.6. The summed E-state index contributed by atoms with van der Waals surface area (Å²) in [6.45, 7) is 3.60. The number of piperazine rings is 1. The second-order valence-electron chi connectivity index (χ2n) is 6.64. The van der Waals surface area contributed by atoms with Gasteiger partial charge in [-0.25, -0.2) is 0 Å². The summed E-state index contributed by atoms with van der Waals surface area (Å²) >= 11 is 0. The van der Waals surface area contributed by atoms with Crippen molar-refractivity contribution in [2.45, 2.75) is 6.92 Å². The maximum absolute atomic E-state index is 12.5. The molecule has 0 saturated carbocycles. The van der Waals surface area contributed by atoms with Crippen LogP contribution in [0.3, 0.4) is 0 Å². The largest absolute Gasteiger partial charge is 0.545 e. The van der Waals surface area contributed by atoms with Gasteiger partial charge in [0, 0.05) is 31.7 Å². The Labute approximate surface area is 163 Å². The van der Waals surface area contributed by atoms with Gasteiger partial charge in [0.2, 0.25) is 0 Å². The number of carbonyl (C=O) groups excluding carboxylic acids is 3. The number of aryl methyl sites for hydroxylation is 1. The van der Waals surface area contributed by atoms with Crippen molar-refractivity contribution in [3.8, 4) is 5.75 Å². The van der Waals surface area contributed by atoms with Crippen LogP contribution in [0, 0.1) is 6.92 Å². The Bertz CT molecular complexity index is 871. The van der Waals surface area contributed by atoms with E-state index in [2.05, 4.69) is 0 Å². The molecule has 1 aliphatic rings. The maximum atomic E-state index is 12.5. The summed E-state index contributed by atoms with van der Waals surface area (Å²) in [7, 11) is 0. The van der Waals surface area contributed by atoms with Crippen molar-refractivity contribution in [2.24, 2.45) is 0 Å². The van der Waals surface area contributed by atoms with Crippen LogP contribution in [0.25, 0.3) is 0 Å². The van der Waals surface area contributed by atoms with E-state index in [4.69, 9.17) is 4.74 Å². The molecule has 0 unspecified atom stereocenters. The first-order valence-electron chi connectivity index (χ1n) is 9.02. The Hall–Kier alpha value is -3.35. The predicted octanol–water partition coefficient (Wildman–Crippen LogP) is 0.722. The van der Waals surface area contributed by atoms with Crippen LogP contribution in [0.2, 0.25) is 0 Å². The molecule has 2 amide bonds. The molecule has 2 aromatic carbocycles. The van der Waals surface area contributed by atoms with Crippen LogP contribution in [0.15, 0.2) is 48.5 Å². The van der Waals surface area contributed by atoms with E-state index in [1.165, 1.54) is 24.3 Å². The summed E-state index contributed by atoms with van der Waals surface area (Å²) in [5.74, 6) is -0.930. The molecule has 1 aliphatic heterocycles. The molecule has 7 heteroatoms. The smallest absolute Gasteiger partial charge is 0.260 e. The number of aromatic carboxylic acids is 1. The minimum Gasteiger partial charge on any atom is -0.545 e. The molecule has 0 aromatic heterocycles. The fourth-order valence-corrected chi connectivity index (χ4v) is 3.03. The van der Waals surface area contributed by atoms with Crippen molar-refractivity contribution in [1.82, 2.24) is 9.80 Å². The first-order valence-corrected chi connectivity index (χ1v) is 9.02. The average molecular weight is 381 g/mol. The minimum absolute atomic E-state index is 0.0283. The number of ether oxygens (including phenoxy) is 1. The maximum Gasteiger partial charge on any atom is 0.260 e. The van der Waals surface area contributed by atoms with Crippen LogP contribution >= 0.6 is 0 Å². The van der Waals surface area contributed by atoms with Crippen LogP contribution in [0.4, 0.5) is 0 Å². The molecule has 2 aromatic rings. The number of carboxylic acid groups (broad SMARTS) is 1. The van der Waals surface area contributed by atoms with Gasteiger partial charge in [-0.15, -0.1) is 0 Å². The predicted molar refractivity (Wildman–Crippen MR) is 99.9 cm³/mol. The van der Waals surface area contributed by atoms with Gasteiger partial charge in [-0.2, -0.15) is 0 Å². The van der Waals surface area contributed by atoms with E-state index in [1.54, 1.807) is 9.80 Å². The SMILES string of the molecule is Cc1cccc(OCC(=O)N2CCN(C(=O)c3ccc(C(=O)[O-])cc3)CC2)c1. The van der Waals surface area contributed by atoms with Crippen LogP contribution in [0.1, 0.15) is 26.3 Å². The summed E-state index contributed by atoms with van der Waals surface area (Å²) in [5, 5.41) is 10.8. The topological polar surface area (TPSA) is 90.0 Å².